The van der Waals surface area contributed by atoms with Crippen molar-refractivity contribution >= 4 is 203 Å². The van der Waals surface area contributed by atoms with Crippen molar-refractivity contribution in [2.24, 2.45) is 0 Å². The molecule has 10 nitrogen and oxygen atoms in total. The van der Waals surface area contributed by atoms with Crippen LogP contribution in [-0.4, -0.2) is 110 Å². The zero-order valence-corrected chi connectivity index (χ0v) is 64.2. The number of carbonyl (C=O) groups excluding carboxylic acids is 7. The maximum atomic E-state index is 11.8. The number of nitrogens with zero attached hydrogens (tertiary/aromatic N) is 1. The first-order valence-electron chi connectivity index (χ1n) is 30.4. The molecule has 500 valence electrons. The first-order chi connectivity index (χ1) is 45.4. The summed E-state index contributed by atoms with van der Waals surface area (Å²) in [7, 11) is 4.02. The fourth-order valence-electron chi connectivity index (χ4n) is 10.1. The van der Waals surface area contributed by atoms with Gasteiger partial charge in [0, 0.05) is 177 Å². The molecule has 1 N–H and O–H groups in total. The molecular formula is C72H70BrCl4NO9S8. The molecule has 0 radical (unpaired) electrons. The van der Waals surface area contributed by atoms with Gasteiger partial charge in [-0.15, -0.1) is 82.3 Å². The molecule has 0 spiro atoms. The van der Waals surface area contributed by atoms with E-state index in [1.165, 1.54) is 5.56 Å². The predicted octanol–water partition coefficient (Wildman–Crippen LogP) is 21.0. The lowest BCUT2D eigenvalue weighted by Gasteiger charge is -2.20. The van der Waals surface area contributed by atoms with Crippen LogP contribution >= 0.6 is 157 Å². The smallest absolute Gasteiger partial charge is 0.178 e. The highest BCUT2D eigenvalue weighted by atomic mass is 79.9. The number of aryl methyl sites for hydroxylation is 1. The molecule has 0 amide bonds. The van der Waals surface area contributed by atoms with Gasteiger partial charge >= 0.3 is 0 Å². The van der Waals surface area contributed by atoms with Crippen molar-refractivity contribution in [1.29, 1.82) is 0 Å². The fourth-order valence-corrected chi connectivity index (χ4v) is 19.5. The van der Waals surface area contributed by atoms with Crippen LogP contribution in [0.1, 0.15) is 148 Å². The molecule has 7 aromatic rings. The third-order valence-corrected chi connectivity index (χ3v) is 25.4. The normalized spacial score (nSPS) is 17.1. The van der Waals surface area contributed by atoms with Gasteiger partial charge in [0.15, 0.2) is 40.5 Å². The Kier molecular flexibility index (Phi) is 30.0. The first kappa shape index (κ1) is 77.0. The van der Waals surface area contributed by atoms with Crippen molar-refractivity contribution in [3.05, 3.63) is 191 Å². The van der Waals surface area contributed by atoms with Crippen LogP contribution in [0.5, 0.6) is 5.75 Å². The molecule has 7 aromatic carbocycles. The number of carbonyl (C=O) groups is 7. The molecule has 2 unspecified atom stereocenters. The molecule has 23 heteroatoms. The Bertz CT molecular complexity index is 3970. The molecule has 2 atom stereocenters. The minimum absolute atomic E-state index is 0.00759. The van der Waals surface area contributed by atoms with E-state index in [2.05, 4.69) is 52.5 Å². The van der Waals surface area contributed by atoms with Crippen LogP contribution in [0.3, 0.4) is 0 Å². The van der Waals surface area contributed by atoms with Crippen molar-refractivity contribution in [2.75, 3.05) is 53.5 Å². The fraction of sp³-hybridized carbons (Fsp3) is 0.319. The van der Waals surface area contributed by atoms with Crippen molar-refractivity contribution < 1.29 is 43.4 Å². The largest absolute Gasteiger partial charge is 0.490 e. The van der Waals surface area contributed by atoms with Gasteiger partial charge in [0.05, 0.1) is 38.0 Å². The predicted molar refractivity (Wildman–Crippen MR) is 409 cm³/mol. The number of aliphatic hydroxyl groups is 1. The quantitative estimate of drug-likeness (QED) is 0.124. The maximum Gasteiger partial charge on any atom is 0.178 e. The third-order valence-electron chi connectivity index (χ3n) is 14.9. The molecule has 95 heavy (non-hydrogen) atoms. The van der Waals surface area contributed by atoms with E-state index in [0.717, 1.165) is 125 Å². The van der Waals surface area contributed by atoms with E-state index < -0.39 is 0 Å². The van der Waals surface area contributed by atoms with Gasteiger partial charge in [-0.05, 0) is 129 Å². The highest BCUT2D eigenvalue weighted by molar-refractivity contribution is 9.10. The van der Waals surface area contributed by atoms with Crippen LogP contribution in [0.4, 0.5) is 5.69 Å². The summed E-state index contributed by atoms with van der Waals surface area (Å²) in [5, 5.41) is 11.6. The molecule has 0 saturated carbocycles. The first-order valence-corrected chi connectivity index (χ1v) is 40.3. The molecule has 14 rings (SSSR count). The van der Waals surface area contributed by atoms with Gasteiger partial charge in [0.2, 0.25) is 0 Å². The van der Waals surface area contributed by atoms with Gasteiger partial charge in [-0.25, -0.2) is 0 Å². The number of fused-ring (bicyclic) bond motifs is 7. The summed E-state index contributed by atoms with van der Waals surface area (Å²) in [4.78, 5) is 90.2. The van der Waals surface area contributed by atoms with Crippen molar-refractivity contribution in [1.82, 2.24) is 0 Å². The number of anilines is 1. The van der Waals surface area contributed by atoms with Gasteiger partial charge in [0.1, 0.15) is 5.75 Å². The monoisotopic (exact) mass is 1570 g/mol. The Labute approximate surface area is 620 Å². The number of rotatable bonds is 5. The Morgan fingerprint density at radius 2 is 1.07 bits per heavy atom. The Hall–Kier alpha value is -3.77. The number of thioether (sulfide) groups is 7. The number of alkyl halides is 1. The number of hydrogen-bond acceptors (Lipinski definition) is 18. The summed E-state index contributed by atoms with van der Waals surface area (Å²) < 4.78 is 5.68. The summed E-state index contributed by atoms with van der Waals surface area (Å²) in [6, 6.07) is 36.1. The summed E-state index contributed by atoms with van der Waals surface area (Å²) in [5.41, 5.74) is 9.94. The summed E-state index contributed by atoms with van der Waals surface area (Å²) in [6.45, 7) is 8.06. The Balaban J connectivity index is 0.000000142. The summed E-state index contributed by atoms with van der Waals surface area (Å²) >= 11 is 43.2. The van der Waals surface area contributed by atoms with Crippen LogP contribution in [0, 0.1) is 6.92 Å². The van der Waals surface area contributed by atoms with Crippen LogP contribution in [0.2, 0.25) is 20.1 Å². The minimum atomic E-state index is -0.00759. The number of ether oxygens (including phenoxy) is 1. The number of halogens is 5. The van der Waals surface area contributed by atoms with E-state index >= 15 is 0 Å². The van der Waals surface area contributed by atoms with Gasteiger partial charge in [-0.1, -0.05) is 93.0 Å². The van der Waals surface area contributed by atoms with E-state index in [1.54, 1.807) is 107 Å². The standard InChI is InChI=1S/C12H13ClO2S.C11H13NOS.C10H9BrOS.C10H9ClOS.C10H10O2S.C10H10OS2.C9H6Cl2OS/c1-7(2)15-10-4-3-8(13)11-9(14)5-6-16-12(10)11;1-12(2)8-3-4-9-10(13)5-6-14-11(9)7-8;1-6-2-3-9-7(4-6)10(12)8(11)5-13-9;1-6-4-9(12)8-5-7(11)2-3-10(8)13-6;11-6-7-1-2-8-9(12)3-4-13-10(8)5-7;11-9-3-4-13-10-5-7(6-12)1-2-8(9)10;10-5-3-6-8(12)1-2-13-9(6)7(11)4-5/h3-4,7H,5-6H2,1-2H3;3-4,7H,5-6H2,1-2H3;2-4,8H,5H2,1H3;2-3,5-6H,4H2,1H3;1-2,5,11H,3-4,6H2;1-2,5,12H,3-4,6H2;3-4H,1-2H2. The van der Waals surface area contributed by atoms with E-state index in [-0.39, 0.29) is 58.0 Å². The zero-order valence-electron chi connectivity index (χ0n) is 53.0. The van der Waals surface area contributed by atoms with E-state index in [4.69, 9.17) is 56.2 Å². The van der Waals surface area contributed by atoms with Crippen LogP contribution in [0.15, 0.2) is 150 Å². The van der Waals surface area contributed by atoms with E-state index in [9.17, 15) is 33.6 Å². The number of thiol groups is 1. The summed E-state index contributed by atoms with van der Waals surface area (Å²) in [5.74, 6) is 8.14. The van der Waals surface area contributed by atoms with Gasteiger partial charge in [0.25, 0.3) is 0 Å². The van der Waals surface area contributed by atoms with E-state index in [1.807, 2.05) is 114 Å². The molecule has 7 aliphatic rings. The highest BCUT2D eigenvalue weighted by Crippen LogP contribution is 2.43. The Morgan fingerprint density at radius 1 is 0.537 bits per heavy atom. The second-order valence-corrected chi connectivity index (χ2v) is 34.0. The molecule has 0 bridgehead atoms. The van der Waals surface area contributed by atoms with Crippen LogP contribution < -0.4 is 9.64 Å². The van der Waals surface area contributed by atoms with Crippen molar-refractivity contribution in [3.8, 4) is 5.75 Å². The summed E-state index contributed by atoms with van der Waals surface area (Å²) in [6.07, 6.45) is 3.85. The second-order valence-electron chi connectivity index (χ2n) is 22.7. The lowest BCUT2D eigenvalue weighted by atomic mass is 10.1. The number of aliphatic hydroxyl groups excluding tert-OH is 1. The number of Topliss-reactive ketones (excluding diaryl/α,β-unsaturated/α-hetero) is 7. The molecular weight excluding hydrogens is 1500 g/mol. The SMILES string of the molecule is CC(C)Oc1ccc(Cl)c2c1SCCC2=O.CC1CC(=O)c2cc(Cl)ccc2S1.CN(C)c1ccc2c(c1)SCCC2=O.Cc1ccc2c(c1)C(=O)C(Br)CS2.O=C1CCSc2c(Cl)cc(Cl)cc21.O=C1CCSc2cc(CO)ccc21.O=C1CCSc2cc(CS)ccc21. The average Bonchev–Trinajstić information content (AvgIpc) is 0.865. The third kappa shape index (κ3) is 21.4. The highest BCUT2D eigenvalue weighted by Gasteiger charge is 2.28. The molecule has 0 aromatic heterocycles. The molecule has 7 aliphatic heterocycles. The lowest BCUT2D eigenvalue weighted by Crippen LogP contribution is -2.21. The lowest BCUT2D eigenvalue weighted by molar-refractivity contribution is 0.0971. The minimum Gasteiger partial charge on any atom is -0.490 e. The topological polar surface area (TPSA) is 152 Å². The van der Waals surface area contributed by atoms with Gasteiger partial charge in [-0.3, -0.25) is 33.6 Å². The second kappa shape index (κ2) is 37.1. The average molecular weight is 1570 g/mol. The molecule has 0 aliphatic carbocycles. The number of ketones is 7. The zero-order chi connectivity index (χ0) is 68.6. The Morgan fingerprint density at radius 3 is 1.67 bits per heavy atom. The van der Waals surface area contributed by atoms with Gasteiger partial charge < -0.3 is 14.7 Å². The van der Waals surface area contributed by atoms with E-state index in [0.29, 0.717) is 75.0 Å². The number of benzene rings is 7. The molecule has 0 fully saturated rings. The molecule has 7 heterocycles. The van der Waals surface area contributed by atoms with Crippen molar-refractivity contribution in [3.63, 3.8) is 0 Å². The van der Waals surface area contributed by atoms with Crippen LogP contribution in [-0.2, 0) is 12.4 Å². The number of hydrogen-bond donors (Lipinski definition) is 2. The molecule has 0 saturated heterocycles. The van der Waals surface area contributed by atoms with Crippen molar-refractivity contribution in [2.45, 2.75) is 129 Å². The van der Waals surface area contributed by atoms with Gasteiger partial charge in [-0.2, -0.15) is 12.6 Å². The van der Waals surface area contributed by atoms with Crippen LogP contribution in [0.25, 0.3) is 0 Å². The maximum absolute atomic E-state index is 11.8.